The smallest absolute Gasteiger partial charge is 0.134 e. The molecular formula is C14H24N2O. The molecule has 3 nitrogen and oxygen atoms in total. The number of aromatic nitrogens is 1. The predicted molar refractivity (Wildman–Crippen MR) is 72.0 cm³/mol. The van der Waals surface area contributed by atoms with Crippen LogP contribution in [0.4, 0.5) is 5.82 Å². The highest BCUT2D eigenvalue weighted by atomic mass is 16.3. The Balaban J connectivity index is 2.94. The Labute approximate surface area is 104 Å². The minimum atomic E-state index is 0.0515. The number of aliphatic hydroxyl groups is 1. The Morgan fingerprint density at radius 1 is 1.18 bits per heavy atom. The molecule has 1 rings (SSSR count). The van der Waals surface area contributed by atoms with E-state index in [-0.39, 0.29) is 6.61 Å². The molecule has 0 aliphatic rings. The second-order valence-electron chi connectivity index (χ2n) is 5.34. The van der Waals surface area contributed by atoms with Gasteiger partial charge in [-0.25, -0.2) is 4.98 Å². The van der Waals surface area contributed by atoms with Crippen molar-refractivity contribution in [3.63, 3.8) is 0 Å². The van der Waals surface area contributed by atoms with Crippen LogP contribution in [0.15, 0.2) is 18.3 Å². The summed E-state index contributed by atoms with van der Waals surface area (Å²) in [5, 5.41) is 9.37. The first kappa shape index (κ1) is 14.0. The van der Waals surface area contributed by atoms with Crippen LogP contribution in [0.2, 0.25) is 0 Å². The predicted octanol–water partition coefficient (Wildman–Crippen LogP) is 2.69. The van der Waals surface area contributed by atoms with Gasteiger partial charge >= 0.3 is 0 Å². The summed E-state index contributed by atoms with van der Waals surface area (Å²) in [6.07, 6.45) is 1.79. The zero-order valence-electron chi connectivity index (χ0n) is 11.3. The molecule has 0 saturated carbocycles. The Hall–Kier alpha value is -1.09. The van der Waals surface area contributed by atoms with Gasteiger partial charge < -0.3 is 10.0 Å². The van der Waals surface area contributed by atoms with Gasteiger partial charge in [-0.05, 0) is 17.9 Å². The second-order valence-corrected chi connectivity index (χ2v) is 5.34. The molecule has 0 aromatic carbocycles. The molecule has 0 aliphatic heterocycles. The van der Waals surface area contributed by atoms with Crippen molar-refractivity contribution in [2.24, 2.45) is 11.8 Å². The van der Waals surface area contributed by atoms with E-state index < -0.39 is 0 Å². The summed E-state index contributed by atoms with van der Waals surface area (Å²) >= 11 is 0. The number of rotatable bonds is 6. The molecule has 0 saturated heterocycles. The van der Waals surface area contributed by atoms with Gasteiger partial charge in [-0.1, -0.05) is 33.8 Å². The van der Waals surface area contributed by atoms with Crippen LogP contribution in [0.5, 0.6) is 0 Å². The molecule has 0 amide bonds. The lowest BCUT2D eigenvalue weighted by atomic mass is 10.1. The SMILES string of the molecule is CC(C)CN(CC(C)C)c1ncccc1CO. The van der Waals surface area contributed by atoms with Crippen LogP contribution >= 0.6 is 0 Å². The third-order valence-corrected chi connectivity index (χ3v) is 2.51. The van der Waals surface area contributed by atoms with E-state index in [0.29, 0.717) is 11.8 Å². The van der Waals surface area contributed by atoms with Crippen LogP contribution in [0.25, 0.3) is 0 Å². The molecule has 96 valence electrons. The van der Waals surface area contributed by atoms with Crippen molar-refractivity contribution in [2.75, 3.05) is 18.0 Å². The van der Waals surface area contributed by atoms with Crippen molar-refractivity contribution in [2.45, 2.75) is 34.3 Å². The van der Waals surface area contributed by atoms with Crippen LogP contribution in [0.1, 0.15) is 33.3 Å². The lowest BCUT2D eigenvalue weighted by Crippen LogP contribution is -2.32. The molecule has 17 heavy (non-hydrogen) atoms. The first-order chi connectivity index (χ1) is 8.04. The van der Waals surface area contributed by atoms with Gasteiger partial charge in [-0.15, -0.1) is 0 Å². The summed E-state index contributed by atoms with van der Waals surface area (Å²) in [6, 6.07) is 3.81. The number of aliphatic hydroxyl groups excluding tert-OH is 1. The minimum Gasteiger partial charge on any atom is -0.392 e. The van der Waals surface area contributed by atoms with Gasteiger partial charge in [0.05, 0.1) is 6.61 Å². The highest BCUT2D eigenvalue weighted by Crippen LogP contribution is 2.19. The molecule has 0 fully saturated rings. The molecular weight excluding hydrogens is 212 g/mol. The maximum Gasteiger partial charge on any atom is 0.134 e. The number of hydrogen-bond acceptors (Lipinski definition) is 3. The third kappa shape index (κ3) is 4.35. The van der Waals surface area contributed by atoms with Gasteiger partial charge in [0.2, 0.25) is 0 Å². The molecule has 1 N–H and O–H groups in total. The molecule has 3 heteroatoms. The lowest BCUT2D eigenvalue weighted by molar-refractivity contribution is 0.281. The summed E-state index contributed by atoms with van der Waals surface area (Å²) in [5.41, 5.74) is 0.911. The van der Waals surface area contributed by atoms with Crippen molar-refractivity contribution < 1.29 is 5.11 Å². The van der Waals surface area contributed by atoms with Crippen molar-refractivity contribution in [3.8, 4) is 0 Å². The lowest BCUT2D eigenvalue weighted by Gasteiger charge is -2.28. The Kier molecular flexibility index (Phi) is 5.42. The molecule has 0 spiro atoms. The largest absolute Gasteiger partial charge is 0.392 e. The number of anilines is 1. The Morgan fingerprint density at radius 2 is 1.76 bits per heavy atom. The average Bonchev–Trinajstić information content (AvgIpc) is 2.27. The van der Waals surface area contributed by atoms with E-state index in [0.717, 1.165) is 24.5 Å². The van der Waals surface area contributed by atoms with E-state index in [1.807, 2.05) is 12.1 Å². The Morgan fingerprint density at radius 3 is 2.24 bits per heavy atom. The first-order valence-electron chi connectivity index (χ1n) is 6.34. The maximum absolute atomic E-state index is 9.37. The molecule has 0 bridgehead atoms. The first-order valence-corrected chi connectivity index (χ1v) is 6.34. The normalized spacial score (nSPS) is 11.2. The summed E-state index contributed by atoms with van der Waals surface area (Å²) < 4.78 is 0. The minimum absolute atomic E-state index is 0.0515. The zero-order valence-corrected chi connectivity index (χ0v) is 11.3. The van der Waals surface area contributed by atoms with Crippen molar-refractivity contribution in [1.82, 2.24) is 4.98 Å². The van der Waals surface area contributed by atoms with E-state index in [4.69, 9.17) is 0 Å². The zero-order chi connectivity index (χ0) is 12.8. The van der Waals surface area contributed by atoms with Crippen LogP contribution in [0, 0.1) is 11.8 Å². The average molecular weight is 236 g/mol. The summed E-state index contributed by atoms with van der Waals surface area (Å²) in [5.74, 6) is 2.10. The van der Waals surface area contributed by atoms with Crippen LogP contribution in [0.3, 0.4) is 0 Å². The van der Waals surface area contributed by atoms with E-state index in [9.17, 15) is 5.11 Å². The van der Waals surface area contributed by atoms with E-state index in [1.165, 1.54) is 0 Å². The summed E-state index contributed by atoms with van der Waals surface area (Å²) in [6.45, 7) is 10.8. The number of hydrogen-bond donors (Lipinski definition) is 1. The topological polar surface area (TPSA) is 36.4 Å². The maximum atomic E-state index is 9.37. The fourth-order valence-corrected chi connectivity index (χ4v) is 1.97. The van der Waals surface area contributed by atoms with E-state index in [2.05, 4.69) is 37.6 Å². The van der Waals surface area contributed by atoms with Gasteiger partial charge in [0.15, 0.2) is 0 Å². The van der Waals surface area contributed by atoms with Gasteiger partial charge in [0.1, 0.15) is 5.82 Å². The highest BCUT2D eigenvalue weighted by Gasteiger charge is 2.14. The third-order valence-electron chi connectivity index (χ3n) is 2.51. The number of nitrogens with zero attached hydrogens (tertiary/aromatic N) is 2. The van der Waals surface area contributed by atoms with Gasteiger partial charge in [-0.2, -0.15) is 0 Å². The monoisotopic (exact) mass is 236 g/mol. The standard InChI is InChI=1S/C14H24N2O/c1-11(2)8-16(9-12(3)4)14-13(10-17)6-5-7-15-14/h5-7,11-12,17H,8-10H2,1-4H3. The highest BCUT2D eigenvalue weighted by molar-refractivity contribution is 5.46. The molecule has 0 aliphatic carbocycles. The fraction of sp³-hybridized carbons (Fsp3) is 0.643. The van der Waals surface area contributed by atoms with Crippen molar-refractivity contribution in [3.05, 3.63) is 23.9 Å². The van der Waals surface area contributed by atoms with E-state index >= 15 is 0 Å². The van der Waals surface area contributed by atoms with Crippen LogP contribution in [-0.4, -0.2) is 23.2 Å². The Bertz CT molecular complexity index is 327. The summed E-state index contributed by atoms with van der Waals surface area (Å²) in [4.78, 5) is 6.70. The summed E-state index contributed by atoms with van der Waals surface area (Å²) in [7, 11) is 0. The van der Waals surface area contributed by atoms with Crippen molar-refractivity contribution in [1.29, 1.82) is 0 Å². The number of pyridine rings is 1. The molecule has 0 radical (unpaired) electrons. The van der Waals surface area contributed by atoms with Gasteiger partial charge in [0, 0.05) is 24.8 Å². The van der Waals surface area contributed by atoms with Crippen LogP contribution < -0.4 is 4.90 Å². The van der Waals surface area contributed by atoms with Crippen LogP contribution in [-0.2, 0) is 6.61 Å². The molecule has 1 heterocycles. The molecule has 0 unspecified atom stereocenters. The molecule has 1 aromatic heterocycles. The molecule has 0 atom stereocenters. The van der Waals surface area contributed by atoms with Gasteiger partial charge in [-0.3, -0.25) is 0 Å². The quantitative estimate of drug-likeness (QED) is 0.825. The fourth-order valence-electron chi connectivity index (χ4n) is 1.97. The van der Waals surface area contributed by atoms with Gasteiger partial charge in [0.25, 0.3) is 0 Å². The van der Waals surface area contributed by atoms with E-state index in [1.54, 1.807) is 6.20 Å². The van der Waals surface area contributed by atoms with Crippen molar-refractivity contribution >= 4 is 5.82 Å². The second kappa shape index (κ2) is 6.60. The molecule has 1 aromatic rings.